The molecule has 1 aliphatic heterocycles. The van der Waals surface area contributed by atoms with Crippen LogP contribution in [0.25, 0.3) is 10.2 Å². The van der Waals surface area contributed by atoms with Crippen LogP contribution in [0.5, 0.6) is 0 Å². The van der Waals surface area contributed by atoms with Crippen molar-refractivity contribution in [1.29, 1.82) is 0 Å². The average molecular weight is 353 g/mol. The summed E-state index contributed by atoms with van der Waals surface area (Å²) in [4.78, 5) is 18.2. The van der Waals surface area contributed by atoms with E-state index in [2.05, 4.69) is 11.0 Å². The Morgan fingerprint density at radius 2 is 1.96 bits per heavy atom. The molecule has 4 rings (SSSR count). The molecule has 3 aromatic rings. The maximum atomic E-state index is 11.3. The van der Waals surface area contributed by atoms with Crippen LogP contribution in [-0.2, 0) is 6.54 Å². The van der Waals surface area contributed by atoms with Crippen LogP contribution in [-0.4, -0.2) is 21.4 Å². The number of hydrogen-bond donors (Lipinski definition) is 0. The van der Waals surface area contributed by atoms with Crippen LogP contribution in [0.4, 0.5) is 5.69 Å². The molecule has 25 heavy (non-hydrogen) atoms. The second-order valence-electron chi connectivity index (χ2n) is 6.39. The number of benzene rings is 2. The smallest absolute Gasteiger partial charge is 0.273 e. The van der Waals surface area contributed by atoms with Crippen LogP contribution >= 0.6 is 11.3 Å². The van der Waals surface area contributed by atoms with Crippen LogP contribution in [0.1, 0.15) is 35.9 Å². The summed E-state index contributed by atoms with van der Waals surface area (Å²) < 4.78 is 1.20. The topological polar surface area (TPSA) is 59.3 Å². The first-order chi connectivity index (χ1) is 12.2. The van der Waals surface area contributed by atoms with Crippen molar-refractivity contribution in [2.45, 2.75) is 31.8 Å². The summed E-state index contributed by atoms with van der Waals surface area (Å²) in [6, 6.07) is 15.5. The monoisotopic (exact) mass is 353 g/mol. The normalized spacial score (nSPS) is 18.5. The number of nitro groups is 1. The summed E-state index contributed by atoms with van der Waals surface area (Å²) in [7, 11) is 0. The Morgan fingerprint density at radius 3 is 2.80 bits per heavy atom. The lowest BCUT2D eigenvalue weighted by molar-refractivity contribution is -0.385. The molecule has 0 saturated carbocycles. The molecule has 0 bridgehead atoms. The molecule has 128 valence electrons. The molecule has 6 heteroatoms. The number of aromatic nitrogens is 1. The molecule has 1 fully saturated rings. The van der Waals surface area contributed by atoms with E-state index >= 15 is 0 Å². The van der Waals surface area contributed by atoms with Crippen molar-refractivity contribution in [1.82, 2.24) is 9.88 Å². The number of nitrogens with zero attached hydrogens (tertiary/aromatic N) is 3. The Balaban J connectivity index is 1.64. The zero-order valence-corrected chi connectivity index (χ0v) is 14.6. The molecule has 0 amide bonds. The fourth-order valence-corrected chi connectivity index (χ4v) is 4.67. The van der Waals surface area contributed by atoms with E-state index in [1.807, 2.05) is 30.3 Å². The quantitative estimate of drug-likeness (QED) is 0.493. The molecule has 5 nitrogen and oxygen atoms in total. The van der Waals surface area contributed by atoms with Crippen molar-refractivity contribution >= 4 is 27.2 Å². The van der Waals surface area contributed by atoms with E-state index in [1.165, 1.54) is 11.1 Å². The summed E-state index contributed by atoms with van der Waals surface area (Å²) in [6.45, 7) is 1.55. The maximum Gasteiger partial charge on any atom is 0.273 e. The SMILES string of the molecule is O=[N+]([O-])c1ccccc1CN1CCCC[C@H]1c1nc2ccccc2s1. The average Bonchev–Trinajstić information content (AvgIpc) is 3.06. The Labute approximate surface area is 150 Å². The number of thiazole rings is 1. The predicted octanol–water partition coefficient (Wildman–Crippen LogP) is 4.93. The van der Waals surface area contributed by atoms with E-state index in [9.17, 15) is 10.1 Å². The molecule has 1 atom stereocenters. The molecule has 1 aliphatic rings. The van der Waals surface area contributed by atoms with Gasteiger partial charge in [0.05, 0.1) is 21.2 Å². The third-order valence-electron chi connectivity index (χ3n) is 4.77. The van der Waals surface area contributed by atoms with Gasteiger partial charge in [0.25, 0.3) is 5.69 Å². The molecule has 1 aromatic heterocycles. The molecule has 2 heterocycles. The van der Waals surface area contributed by atoms with Gasteiger partial charge in [-0.3, -0.25) is 15.0 Å². The largest absolute Gasteiger partial charge is 0.289 e. The van der Waals surface area contributed by atoms with E-state index in [0.717, 1.165) is 35.5 Å². The third-order valence-corrected chi connectivity index (χ3v) is 5.91. The van der Waals surface area contributed by atoms with Crippen molar-refractivity contribution in [2.75, 3.05) is 6.54 Å². The van der Waals surface area contributed by atoms with Crippen LogP contribution in [0, 0.1) is 10.1 Å². The van der Waals surface area contributed by atoms with Gasteiger partial charge < -0.3 is 0 Å². The minimum Gasteiger partial charge on any atom is -0.289 e. The lowest BCUT2D eigenvalue weighted by Gasteiger charge is -2.34. The minimum atomic E-state index is -0.286. The maximum absolute atomic E-state index is 11.3. The van der Waals surface area contributed by atoms with E-state index in [0.29, 0.717) is 6.54 Å². The number of rotatable bonds is 4. The van der Waals surface area contributed by atoms with Gasteiger partial charge in [0.2, 0.25) is 0 Å². The van der Waals surface area contributed by atoms with Gasteiger partial charge in [0.1, 0.15) is 5.01 Å². The Kier molecular flexibility index (Phi) is 4.46. The van der Waals surface area contributed by atoms with Gasteiger partial charge in [-0.05, 0) is 31.5 Å². The van der Waals surface area contributed by atoms with Crippen molar-refractivity contribution in [3.63, 3.8) is 0 Å². The van der Waals surface area contributed by atoms with E-state index in [4.69, 9.17) is 4.98 Å². The summed E-state index contributed by atoms with van der Waals surface area (Å²) in [5.41, 5.74) is 2.02. The highest BCUT2D eigenvalue weighted by Crippen LogP contribution is 2.37. The molecule has 2 aromatic carbocycles. The molecule has 0 unspecified atom stereocenters. The summed E-state index contributed by atoms with van der Waals surface area (Å²) in [5, 5.41) is 12.4. The minimum absolute atomic E-state index is 0.205. The van der Waals surface area contributed by atoms with Gasteiger partial charge in [0.15, 0.2) is 0 Å². The third kappa shape index (κ3) is 3.27. The van der Waals surface area contributed by atoms with Crippen molar-refractivity contribution in [3.05, 3.63) is 69.2 Å². The standard InChI is InChI=1S/C19H19N3O2S/c23-22(24)16-9-3-1-7-14(16)13-21-12-6-5-10-17(21)19-20-15-8-2-4-11-18(15)25-19/h1-4,7-9,11,17H,5-6,10,12-13H2/t17-/m0/s1. The van der Waals surface area contributed by atoms with Crippen LogP contribution in [0.15, 0.2) is 48.5 Å². The first-order valence-corrected chi connectivity index (χ1v) is 9.36. The Hall–Kier alpha value is -2.31. The number of para-hydroxylation sites is 2. The number of nitro benzene ring substituents is 1. The molecule has 0 N–H and O–H groups in total. The van der Waals surface area contributed by atoms with Crippen molar-refractivity contribution < 1.29 is 4.92 Å². The first-order valence-electron chi connectivity index (χ1n) is 8.54. The second-order valence-corrected chi connectivity index (χ2v) is 7.45. The molecular formula is C19H19N3O2S. The van der Waals surface area contributed by atoms with Crippen LogP contribution < -0.4 is 0 Å². The number of hydrogen-bond acceptors (Lipinski definition) is 5. The van der Waals surface area contributed by atoms with Crippen molar-refractivity contribution in [2.24, 2.45) is 0 Å². The van der Waals surface area contributed by atoms with E-state index < -0.39 is 0 Å². The Morgan fingerprint density at radius 1 is 1.16 bits per heavy atom. The lowest BCUT2D eigenvalue weighted by atomic mass is 10.0. The second kappa shape index (κ2) is 6.90. The van der Waals surface area contributed by atoms with Gasteiger partial charge >= 0.3 is 0 Å². The summed E-state index contributed by atoms with van der Waals surface area (Å²) in [6.07, 6.45) is 3.36. The number of likely N-dealkylation sites (tertiary alicyclic amines) is 1. The lowest BCUT2D eigenvalue weighted by Crippen LogP contribution is -2.33. The molecular weight excluding hydrogens is 334 g/mol. The fraction of sp³-hybridized carbons (Fsp3) is 0.316. The highest BCUT2D eigenvalue weighted by atomic mass is 32.1. The van der Waals surface area contributed by atoms with Gasteiger partial charge in [-0.2, -0.15) is 0 Å². The molecule has 1 saturated heterocycles. The predicted molar refractivity (Wildman–Crippen MR) is 99.7 cm³/mol. The van der Waals surface area contributed by atoms with Gasteiger partial charge in [-0.15, -0.1) is 11.3 Å². The Bertz CT molecular complexity index is 875. The number of fused-ring (bicyclic) bond motifs is 1. The van der Waals surface area contributed by atoms with Crippen LogP contribution in [0.2, 0.25) is 0 Å². The fourth-order valence-electron chi connectivity index (χ4n) is 3.53. The van der Waals surface area contributed by atoms with Gasteiger partial charge in [-0.1, -0.05) is 36.8 Å². The molecule has 0 radical (unpaired) electrons. The highest BCUT2D eigenvalue weighted by Gasteiger charge is 2.28. The zero-order valence-electron chi connectivity index (χ0n) is 13.8. The highest BCUT2D eigenvalue weighted by molar-refractivity contribution is 7.18. The molecule has 0 spiro atoms. The summed E-state index contributed by atoms with van der Waals surface area (Å²) in [5.74, 6) is 0. The van der Waals surface area contributed by atoms with Crippen molar-refractivity contribution in [3.8, 4) is 0 Å². The summed E-state index contributed by atoms with van der Waals surface area (Å²) >= 11 is 1.74. The first kappa shape index (κ1) is 16.2. The van der Waals surface area contributed by atoms with Crippen LogP contribution in [0.3, 0.4) is 0 Å². The van der Waals surface area contributed by atoms with Gasteiger partial charge in [-0.25, -0.2) is 4.98 Å². The van der Waals surface area contributed by atoms with E-state index in [1.54, 1.807) is 23.5 Å². The molecule has 0 aliphatic carbocycles. The van der Waals surface area contributed by atoms with E-state index in [-0.39, 0.29) is 16.7 Å². The van der Waals surface area contributed by atoms with Gasteiger partial charge in [0, 0.05) is 18.2 Å². The number of piperidine rings is 1. The zero-order chi connectivity index (χ0) is 17.2.